The van der Waals surface area contributed by atoms with Crippen LogP contribution in [0.3, 0.4) is 0 Å². The zero-order chi connectivity index (χ0) is 21.9. The Hall–Kier alpha value is -3.99. The minimum Gasteiger partial charge on any atom is -0.346 e. The first-order valence-electron chi connectivity index (χ1n) is 10.1. The SMILES string of the molecule is CC(C=NNC(=O)CNC(=O)C(c1ccccc1)c1ccccc1)=Cc1ccccc1. The van der Waals surface area contributed by atoms with E-state index in [0.29, 0.717) is 0 Å². The number of hydrazone groups is 1. The Labute approximate surface area is 182 Å². The summed E-state index contributed by atoms with van der Waals surface area (Å²) < 4.78 is 0. The summed E-state index contributed by atoms with van der Waals surface area (Å²) >= 11 is 0. The van der Waals surface area contributed by atoms with Gasteiger partial charge in [0.1, 0.15) is 0 Å². The van der Waals surface area contributed by atoms with E-state index in [1.807, 2.05) is 104 Å². The number of carbonyl (C=O) groups excluding carboxylic acids is 2. The van der Waals surface area contributed by atoms with E-state index >= 15 is 0 Å². The van der Waals surface area contributed by atoms with E-state index in [0.717, 1.165) is 22.3 Å². The highest BCUT2D eigenvalue weighted by atomic mass is 16.2. The molecule has 2 amide bonds. The smallest absolute Gasteiger partial charge is 0.259 e. The van der Waals surface area contributed by atoms with E-state index in [4.69, 9.17) is 0 Å². The molecule has 156 valence electrons. The van der Waals surface area contributed by atoms with Crippen molar-refractivity contribution < 1.29 is 9.59 Å². The predicted octanol–water partition coefficient (Wildman–Crippen LogP) is 4.14. The Bertz CT molecular complexity index is 1010. The molecule has 3 aromatic carbocycles. The summed E-state index contributed by atoms with van der Waals surface area (Å²) in [6.45, 7) is 1.74. The van der Waals surface area contributed by atoms with Gasteiger partial charge in [-0.25, -0.2) is 5.43 Å². The molecule has 0 unspecified atom stereocenters. The van der Waals surface area contributed by atoms with E-state index in [2.05, 4.69) is 15.8 Å². The van der Waals surface area contributed by atoms with E-state index in [1.54, 1.807) is 6.21 Å². The van der Waals surface area contributed by atoms with Gasteiger partial charge in [-0.1, -0.05) is 97.1 Å². The van der Waals surface area contributed by atoms with E-state index in [-0.39, 0.29) is 12.5 Å². The average Bonchev–Trinajstić information content (AvgIpc) is 2.80. The minimum atomic E-state index is -0.491. The molecule has 0 heterocycles. The van der Waals surface area contributed by atoms with Crippen molar-refractivity contribution in [1.29, 1.82) is 0 Å². The molecule has 31 heavy (non-hydrogen) atoms. The number of hydrogen-bond acceptors (Lipinski definition) is 3. The second kappa shape index (κ2) is 11.3. The molecule has 0 fully saturated rings. The molecule has 0 aromatic heterocycles. The van der Waals surface area contributed by atoms with Gasteiger partial charge in [0.25, 0.3) is 5.91 Å². The Kier molecular flexibility index (Phi) is 7.89. The first kappa shape index (κ1) is 21.7. The molecule has 0 saturated heterocycles. The average molecular weight is 412 g/mol. The first-order chi connectivity index (χ1) is 15.1. The number of hydrogen-bond donors (Lipinski definition) is 2. The van der Waals surface area contributed by atoms with Crippen LogP contribution < -0.4 is 10.7 Å². The summed E-state index contributed by atoms with van der Waals surface area (Å²) in [5.74, 6) is -1.12. The lowest BCUT2D eigenvalue weighted by Gasteiger charge is -2.17. The molecule has 0 saturated carbocycles. The van der Waals surface area contributed by atoms with Crippen LogP contribution in [0.25, 0.3) is 6.08 Å². The third-order valence-corrected chi connectivity index (χ3v) is 4.60. The lowest BCUT2D eigenvalue weighted by atomic mass is 9.90. The molecule has 0 aliphatic carbocycles. The lowest BCUT2D eigenvalue weighted by Crippen LogP contribution is -2.37. The van der Waals surface area contributed by atoms with Crippen molar-refractivity contribution in [3.05, 3.63) is 113 Å². The standard InChI is InChI=1S/C26H25N3O2/c1-20(17-21-11-5-2-6-12-21)18-28-29-24(30)19-27-26(31)25(22-13-7-3-8-14-22)23-15-9-4-10-16-23/h2-18,25H,19H2,1H3,(H,27,31)(H,29,30). The number of rotatable bonds is 8. The molecule has 5 heteroatoms. The van der Waals surface area contributed by atoms with Gasteiger partial charge in [-0.15, -0.1) is 0 Å². The Morgan fingerprint density at radius 2 is 1.35 bits per heavy atom. The van der Waals surface area contributed by atoms with Crippen LogP contribution in [-0.4, -0.2) is 24.6 Å². The van der Waals surface area contributed by atoms with Crippen molar-refractivity contribution in [3.8, 4) is 0 Å². The van der Waals surface area contributed by atoms with Crippen LogP contribution in [0.15, 0.2) is 102 Å². The summed E-state index contributed by atoms with van der Waals surface area (Å²) in [7, 11) is 0. The van der Waals surface area contributed by atoms with Crippen LogP contribution >= 0.6 is 0 Å². The van der Waals surface area contributed by atoms with Crippen LogP contribution in [0.2, 0.25) is 0 Å². The van der Waals surface area contributed by atoms with Crippen LogP contribution in [0.1, 0.15) is 29.5 Å². The molecule has 0 aliphatic heterocycles. The highest BCUT2D eigenvalue weighted by molar-refractivity contribution is 5.91. The van der Waals surface area contributed by atoms with Gasteiger partial charge in [0.05, 0.1) is 18.7 Å². The Morgan fingerprint density at radius 1 is 0.839 bits per heavy atom. The predicted molar refractivity (Wildman–Crippen MR) is 124 cm³/mol. The zero-order valence-corrected chi connectivity index (χ0v) is 17.4. The van der Waals surface area contributed by atoms with Gasteiger partial charge in [-0.05, 0) is 29.2 Å². The summed E-state index contributed by atoms with van der Waals surface area (Å²) in [5, 5.41) is 6.68. The molecule has 2 N–H and O–H groups in total. The van der Waals surface area contributed by atoms with Crippen molar-refractivity contribution in [3.63, 3.8) is 0 Å². The van der Waals surface area contributed by atoms with Gasteiger partial charge < -0.3 is 5.32 Å². The second-order valence-electron chi connectivity index (χ2n) is 7.06. The molecule has 3 aromatic rings. The fraction of sp³-hybridized carbons (Fsp3) is 0.115. The lowest BCUT2D eigenvalue weighted by molar-refractivity contribution is -0.126. The van der Waals surface area contributed by atoms with Gasteiger partial charge in [0.2, 0.25) is 5.91 Å². The van der Waals surface area contributed by atoms with Gasteiger partial charge >= 0.3 is 0 Å². The molecule has 0 atom stereocenters. The molecule has 0 aliphatic rings. The number of benzene rings is 3. The quantitative estimate of drug-likeness (QED) is 0.432. The molecule has 0 radical (unpaired) electrons. The minimum absolute atomic E-state index is 0.159. The number of amides is 2. The largest absolute Gasteiger partial charge is 0.346 e. The van der Waals surface area contributed by atoms with E-state index in [9.17, 15) is 9.59 Å². The third-order valence-electron chi connectivity index (χ3n) is 4.60. The fourth-order valence-corrected chi connectivity index (χ4v) is 3.15. The number of allylic oxidation sites excluding steroid dienone is 1. The topological polar surface area (TPSA) is 70.6 Å². The fourth-order valence-electron chi connectivity index (χ4n) is 3.15. The number of nitrogens with one attached hydrogen (secondary N) is 2. The Balaban J connectivity index is 1.57. The van der Waals surface area contributed by atoms with Crippen molar-refractivity contribution in [2.45, 2.75) is 12.8 Å². The molecule has 5 nitrogen and oxygen atoms in total. The second-order valence-corrected chi connectivity index (χ2v) is 7.06. The van der Waals surface area contributed by atoms with Crippen LogP contribution in [0.4, 0.5) is 0 Å². The van der Waals surface area contributed by atoms with Gasteiger partial charge in [-0.3, -0.25) is 9.59 Å². The molecule has 3 rings (SSSR count). The highest BCUT2D eigenvalue weighted by Gasteiger charge is 2.22. The molecule has 0 bridgehead atoms. The Morgan fingerprint density at radius 3 is 1.90 bits per heavy atom. The van der Waals surface area contributed by atoms with Crippen LogP contribution in [0, 0.1) is 0 Å². The summed E-state index contributed by atoms with van der Waals surface area (Å²) in [6.07, 6.45) is 3.53. The number of nitrogens with zero attached hydrogens (tertiary/aromatic N) is 1. The van der Waals surface area contributed by atoms with Crippen molar-refractivity contribution in [2.24, 2.45) is 5.10 Å². The monoisotopic (exact) mass is 411 g/mol. The normalized spacial score (nSPS) is 11.5. The maximum atomic E-state index is 12.9. The summed E-state index contributed by atoms with van der Waals surface area (Å²) in [4.78, 5) is 25.0. The number of carbonyl (C=O) groups is 2. The van der Waals surface area contributed by atoms with Crippen molar-refractivity contribution >= 4 is 24.1 Å². The van der Waals surface area contributed by atoms with Gasteiger partial charge in [-0.2, -0.15) is 5.10 Å². The first-order valence-corrected chi connectivity index (χ1v) is 10.1. The summed E-state index contributed by atoms with van der Waals surface area (Å²) in [5.41, 5.74) is 6.13. The van der Waals surface area contributed by atoms with Crippen LogP contribution in [-0.2, 0) is 9.59 Å². The molecular weight excluding hydrogens is 386 g/mol. The van der Waals surface area contributed by atoms with Crippen molar-refractivity contribution in [2.75, 3.05) is 6.54 Å². The maximum absolute atomic E-state index is 12.9. The summed E-state index contributed by atoms with van der Waals surface area (Å²) in [6, 6.07) is 28.9. The van der Waals surface area contributed by atoms with Crippen LogP contribution in [0.5, 0.6) is 0 Å². The van der Waals surface area contributed by atoms with E-state index < -0.39 is 11.8 Å². The van der Waals surface area contributed by atoms with Gasteiger partial charge in [0.15, 0.2) is 0 Å². The molecule has 0 spiro atoms. The van der Waals surface area contributed by atoms with E-state index in [1.165, 1.54) is 0 Å². The highest BCUT2D eigenvalue weighted by Crippen LogP contribution is 2.24. The third kappa shape index (κ3) is 6.78. The zero-order valence-electron chi connectivity index (χ0n) is 17.4. The molecular formula is C26H25N3O2. The maximum Gasteiger partial charge on any atom is 0.259 e. The van der Waals surface area contributed by atoms with Crippen molar-refractivity contribution in [1.82, 2.24) is 10.7 Å². The van der Waals surface area contributed by atoms with Gasteiger partial charge in [0, 0.05) is 0 Å².